The Bertz CT molecular complexity index is 898. The zero-order valence-corrected chi connectivity index (χ0v) is 13.4. The van der Waals surface area contributed by atoms with Crippen molar-refractivity contribution in [2.75, 3.05) is 6.54 Å². The van der Waals surface area contributed by atoms with Crippen LogP contribution in [0, 0.1) is 6.07 Å². The number of nitrogens with zero attached hydrogens (tertiary/aromatic N) is 1. The summed E-state index contributed by atoms with van der Waals surface area (Å²) in [7, 11) is 0. The number of carbonyl (C=O) groups excluding carboxylic acids is 1. The van der Waals surface area contributed by atoms with Gasteiger partial charge in [0.05, 0.1) is 0 Å². The maximum absolute atomic E-state index is 12.2. The molecule has 1 radical (unpaired) electrons. The van der Waals surface area contributed by atoms with Crippen molar-refractivity contribution in [1.29, 1.82) is 0 Å². The van der Waals surface area contributed by atoms with Crippen molar-refractivity contribution in [3.8, 4) is 0 Å². The van der Waals surface area contributed by atoms with Gasteiger partial charge in [0.2, 0.25) is 5.91 Å². The molecular weight excluding hydrogens is 296 g/mol. The molecule has 4 rings (SSSR count). The highest BCUT2D eigenvalue weighted by atomic mass is 16.1. The molecule has 0 bridgehead atoms. The highest BCUT2D eigenvalue weighted by molar-refractivity contribution is 5.86. The molecule has 1 heterocycles. The zero-order chi connectivity index (χ0) is 16.5. The van der Waals surface area contributed by atoms with Crippen LogP contribution in [0.1, 0.15) is 22.7 Å². The van der Waals surface area contributed by atoms with Gasteiger partial charge in [-0.1, -0.05) is 60.7 Å². The molecule has 0 saturated carbocycles. The first-order valence-electron chi connectivity index (χ1n) is 8.23. The van der Waals surface area contributed by atoms with Gasteiger partial charge in [-0.3, -0.25) is 9.69 Å². The Kier molecular flexibility index (Phi) is 3.79. The molecule has 3 heteroatoms. The number of fused-ring (bicyclic) bond motifs is 2. The zero-order valence-electron chi connectivity index (χ0n) is 13.4. The summed E-state index contributed by atoms with van der Waals surface area (Å²) in [5.74, 6) is -0.289. The largest absolute Gasteiger partial charge is 0.368 e. The second-order valence-electron chi connectivity index (χ2n) is 6.29. The molecule has 1 amide bonds. The highest BCUT2D eigenvalue weighted by Crippen LogP contribution is 2.31. The minimum Gasteiger partial charge on any atom is -0.368 e. The van der Waals surface area contributed by atoms with Crippen molar-refractivity contribution < 1.29 is 4.79 Å². The molecule has 1 aliphatic heterocycles. The molecular formula is C21H19N2O. The Morgan fingerprint density at radius 2 is 2.00 bits per heavy atom. The summed E-state index contributed by atoms with van der Waals surface area (Å²) in [4.78, 5) is 14.3. The second kappa shape index (κ2) is 6.10. The molecule has 1 unspecified atom stereocenters. The van der Waals surface area contributed by atoms with Gasteiger partial charge in [-0.15, -0.1) is 0 Å². The quantitative estimate of drug-likeness (QED) is 0.806. The summed E-state index contributed by atoms with van der Waals surface area (Å²) in [6, 6.07) is 23.2. The fraction of sp³-hybridized carbons (Fsp3) is 0.190. The molecule has 0 saturated heterocycles. The molecule has 1 atom stereocenters. The van der Waals surface area contributed by atoms with Crippen LogP contribution >= 0.6 is 0 Å². The van der Waals surface area contributed by atoms with Crippen LogP contribution < -0.4 is 5.73 Å². The molecule has 0 aromatic heterocycles. The lowest BCUT2D eigenvalue weighted by atomic mass is 9.91. The van der Waals surface area contributed by atoms with Gasteiger partial charge in [-0.2, -0.15) is 0 Å². The normalized spacial score (nSPS) is 17.6. The van der Waals surface area contributed by atoms with E-state index >= 15 is 0 Å². The van der Waals surface area contributed by atoms with Crippen molar-refractivity contribution in [3.05, 3.63) is 83.4 Å². The first-order valence-corrected chi connectivity index (χ1v) is 8.23. The van der Waals surface area contributed by atoms with E-state index in [-0.39, 0.29) is 11.9 Å². The highest BCUT2D eigenvalue weighted by Gasteiger charge is 2.31. The molecule has 3 nitrogen and oxygen atoms in total. The second-order valence-corrected chi connectivity index (χ2v) is 6.29. The summed E-state index contributed by atoms with van der Waals surface area (Å²) in [5, 5.41) is 2.45. The first kappa shape index (κ1) is 14.9. The summed E-state index contributed by atoms with van der Waals surface area (Å²) in [6.07, 6.45) is 0.918. The van der Waals surface area contributed by atoms with E-state index in [4.69, 9.17) is 5.73 Å². The third kappa shape index (κ3) is 2.57. The van der Waals surface area contributed by atoms with Gasteiger partial charge < -0.3 is 5.73 Å². The van der Waals surface area contributed by atoms with E-state index < -0.39 is 0 Å². The van der Waals surface area contributed by atoms with Crippen LogP contribution in [0.3, 0.4) is 0 Å². The number of primary amides is 1. The molecule has 0 spiro atoms. The number of hydrogen-bond acceptors (Lipinski definition) is 2. The van der Waals surface area contributed by atoms with Crippen LogP contribution in [0.15, 0.2) is 60.7 Å². The van der Waals surface area contributed by atoms with Gasteiger partial charge in [0, 0.05) is 13.1 Å². The molecule has 24 heavy (non-hydrogen) atoms. The van der Waals surface area contributed by atoms with E-state index in [9.17, 15) is 4.79 Å². The van der Waals surface area contributed by atoms with E-state index in [1.54, 1.807) is 0 Å². The van der Waals surface area contributed by atoms with E-state index in [1.807, 2.05) is 24.3 Å². The minimum atomic E-state index is -0.373. The lowest BCUT2D eigenvalue weighted by Crippen LogP contribution is -2.42. The Hall–Kier alpha value is -2.65. The van der Waals surface area contributed by atoms with Gasteiger partial charge in [0.25, 0.3) is 0 Å². The van der Waals surface area contributed by atoms with Crippen LogP contribution in [0.5, 0.6) is 0 Å². The Morgan fingerprint density at radius 1 is 1.17 bits per heavy atom. The summed E-state index contributed by atoms with van der Waals surface area (Å²) in [5.41, 5.74) is 9.17. The van der Waals surface area contributed by atoms with Gasteiger partial charge in [-0.05, 0) is 39.9 Å². The Balaban J connectivity index is 1.72. The van der Waals surface area contributed by atoms with Crippen LogP contribution in [0.25, 0.3) is 10.8 Å². The van der Waals surface area contributed by atoms with Crippen LogP contribution in [-0.4, -0.2) is 17.4 Å². The molecule has 0 fully saturated rings. The average molecular weight is 315 g/mol. The van der Waals surface area contributed by atoms with E-state index in [1.165, 1.54) is 21.9 Å². The smallest absolute Gasteiger partial charge is 0.239 e. The SMILES string of the molecule is NC(=O)C1c2cc[c]cc2CCN1Cc1cccc2ccccc12. The predicted molar refractivity (Wildman–Crippen MR) is 95.3 cm³/mol. The number of benzene rings is 3. The van der Waals surface area contributed by atoms with E-state index in [0.29, 0.717) is 6.54 Å². The van der Waals surface area contributed by atoms with Crippen molar-refractivity contribution in [3.63, 3.8) is 0 Å². The number of amides is 1. The molecule has 3 aromatic rings. The minimum absolute atomic E-state index is 0.289. The van der Waals surface area contributed by atoms with E-state index in [0.717, 1.165) is 18.5 Å². The van der Waals surface area contributed by atoms with E-state index in [2.05, 4.69) is 47.4 Å². The molecule has 119 valence electrons. The third-order valence-corrected chi connectivity index (χ3v) is 4.84. The lowest BCUT2D eigenvalue weighted by molar-refractivity contribution is -0.124. The first-order chi connectivity index (χ1) is 11.7. The Labute approximate surface area is 141 Å². The van der Waals surface area contributed by atoms with Crippen molar-refractivity contribution >= 4 is 16.7 Å². The van der Waals surface area contributed by atoms with Crippen LogP contribution in [0.4, 0.5) is 0 Å². The monoisotopic (exact) mass is 315 g/mol. The lowest BCUT2D eigenvalue weighted by Gasteiger charge is -2.35. The third-order valence-electron chi connectivity index (χ3n) is 4.84. The van der Waals surface area contributed by atoms with Crippen LogP contribution in [-0.2, 0) is 17.8 Å². The maximum Gasteiger partial charge on any atom is 0.239 e. The number of rotatable bonds is 3. The average Bonchev–Trinajstić information content (AvgIpc) is 2.61. The molecule has 1 aliphatic rings. The summed E-state index contributed by atoms with van der Waals surface area (Å²) >= 11 is 0. The number of hydrogen-bond donors (Lipinski definition) is 1. The van der Waals surface area contributed by atoms with Crippen molar-refractivity contribution in [2.24, 2.45) is 5.73 Å². The predicted octanol–water partition coefficient (Wildman–Crippen LogP) is 3.22. The van der Waals surface area contributed by atoms with Crippen molar-refractivity contribution in [2.45, 2.75) is 19.0 Å². The molecule has 2 N–H and O–H groups in total. The maximum atomic E-state index is 12.2. The Morgan fingerprint density at radius 3 is 2.88 bits per heavy atom. The fourth-order valence-corrected chi connectivity index (χ4v) is 3.70. The number of nitrogens with two attached hydrogens (primary N) is 1. The summed E-state index contributed by atoms with van der Waals surface area (Å²) < 4.78 is 0. The molecule has 3 aromatic carbocycles. The standard InChI is InChI=1S/C21H19N2O/c22-21(24)20-19-11-4-2-7-16(19)12-13-23(20)14-17-9-5-8-15-6-1-3-10-18(15)17/h1,3-11,20H,12-14H2,(H2,22,24). The molecule has 0 aliphatic carbocycles. The summed E-state index contributed by atoms with van der Waals surface area (Å²) in [6.45, 7) is 1.54. The van der Waals surface area contributed by atoms with Crippen LogP contribution in [0.2, 0.25) is 0 Å². The van der Waals surface area contributed by atoms with Gasteiger partial charge in [0.15, 0.2) is 0 Å². The van der Waals surface area contributed by atoms with Gasteiger partial charge in [0.1, 0.15) is 6.04 Å². The van der Waals surface area contributed by atoms with Gasteiger partial charge >= 0.3 is 0 Å². The fourth-order valence-electron chi connectivity index (χ4n) is 3.70. The van der Waals surface area contributed by atoms with Gasteiger partial charge in [-0.25, -0.2) is 0 Å². The topological polar surface area (TPSA) is 46.3 Å². The number of carbonyl (C=O) groups is 1. The van der Waals surface area contributed by atoms with Crippen molar-refractivity contribution in [1.82, 2.24) is 4.90 Å².